The number of nitrogens with two attached hydrogens (primary N) is 1. The normalized spacial score (nSPS) is 10.9. The first-order valence-electron chi connectivity index (χ1n) is 7.31. The zero-order valence-electron chi connectivity index (χ0n) is 12.8. The van der Waals surface area contributed by atoms with Gasteiger partial charge in [0.25, 0.3) is 0 Å². The Kier molecular flexibility index (Phi) is 5.28. The van der Waals surface area contributed by atoms with Gasteiger partial charge in [0.1, 0.15) is 23.1 Å². The smallest absolute Gasteiger partial charge is 0.133 e. The number of aryl methyl sites for hydroxylation is 1. The number of hydrogen-bond donors (Lipinski definition) is 1. The summed E-state index contributed by atoms with van der Waals surface area (Å²) in [6.45, 7) is 5.22. The first-order chi connectivity index (χ1) is 10.1. The number of nitrogen functional groups attached to an aromatic ring is 1. The Morgan fingerprint density at radius 3 is 2.62 bits per heavy atom. The summed E-state index contributed by atoms with van der Waals surface area (Å²) in [6, 6.07) is 5.93. The predicted octanol–water partition coefficient (Wildman–Crippen LogP) is 4.27. The van der Waals surface area contributed by atoms with Crippen LogP contribution in [0.3, 0.4) is 0 Å². The monoisotopic (exact) mass is 351 g/mol. The molecule has 1 aromatic heterocycles. The lowest BCUT2D eigenvalue weighted by atomic mass is 10.1. The average Bonchev–Trinajstić information content (AvgIpc) is 2.77. The van der Waals surface area contributed by atoms with Crippen LogP contribution in [0.25, 0.3) is 11.3 Å². The molecule has 0 spiro atoms. The fraction of sp³-hybridized carbons (Fsp3) is 0.438. The largest absolute Gasteiger partial charge is 0.496 e. The van der Waals surface area contributed by atoms with Crippen molar-refractivity contribution in [2.45, 2.75) is 39.7 Å². The predicted molar refractivity (Wildman–Crippen MR) is 90.6 cm³/mol. The third-order valence-electron chi connectivity index (χ3n) is 3.43. The summed E-state index contributed by atoms with van der Waals surface area (Å²) < 4.78 is 8.31. The van der Waals surface area contributed by atoms with E-state index in [9.17, 15) is 0 Å². The van der Waals surface area contributed by atoms with Crippen molar-refractivity contribution >= 4 is 21.7 Å². The van der Waals surface area contributed by atoms with Crippen LogP contribution in [-0.4, -0.2) is 16.7 Å². The van der Waals surface area contributed by atoms with Gasteiger partial charge in [-0.3, -0.25) is 0 Å². The maximum Gasteiger partial charge on any atom is 0.133 e. The van der Waals surface area contributed by atoms with Crippen LogP contribution in [0.15, 0.2) is 22.7 Å². The van der Waals surface area contributed by atoms with Gasteiger partial charge < -0.3 is 15.0 Å². The maximum atomic E-state index is 6.33. The van der Waals surface area contributed by atoms with Gasteiger partial charge in [-0.05, 0) is 47.0 Å². The molecule has 2 N–H and O–H groups in total. The fourth-order valence-corrected chi connectivity index (χ4v) is 2.97. The molecule has 0 aliphatic rings. The minimum Gasteiger partial charge on any atom is -0.496 e. The number of rotatable bonds is 6. The molecule has 0 unspecified atom stereocenters. The van der Waals surface area contributed by atoms with Crippen LogP contribution in [0, 0.1) is 0 Å². The van der Waals surface area contributed by atoms with E-state index in [-0.39, 0.29) is 0 Å². The Labute approximate surface area is 134 Å². The first kappa shape index (κ1) is 15.9. The van der Waals surface area contributed by atoms with Gasteiger partial charge in [-0.15, -0.1) is 0 Å². The van der Waals surface area contributed by atoms with Crippen molar-refractivity contribution in [2.75, 3.05) is 12.8 Å². The van der Waals surface area contributed by atoms with E-state index in [1.807, 2.05) is 18.2 Å². The lowest BCUT2D eigenvalue weighted by Gasteiger charge is -2.08. The van der Waals surface area contributed by atoms with Crippen LogP contribution >= 0.6 is 15.9 Å². The Bertz CT molecular complexity index is 622. The van der Waals surface area contributed by atoms with Crippen LogP contribution in [0.1, 0.15) is 32.5 Å². The van der Waals surface area contributed by atoms with Crippen molar-refractivity contribution in [2.24, 2.45) is 0 Å². The summed E-state index contributed by atoms with van der Waals surface area (Å²) in [5.74, 6) is 2.62. The molecule has 0 amide bonds. The Morgan fingerprint density at radius 2 is 2.05 bits per heavy atom. The summed E-state index contributed by atoms with van der Waals surface area (Å²) in [5.41, 5.74) is 8.19. The molecule has 21 heavy (non-hydrogen) atoms. The van der Waals surface area contributed by atoms with E-state index in [1.165, 1.54) is 0 Å². The van der Waals surface area contributed by atoms with Crippen molar-refractivity contribution in [3.63, 3.8) is 0 Å². The molecule has 5 heteroatoms. The highest BCUT2D eigenvalue weighted by Gasteiger charge is 2.16. The van der Waals surface area contributed by atoms with E-state index in [4.69, 9.17) is 15.5 Å². The number of halogens is 1. The second-order valence-corrected chi connectivity index (χ2v) is 5.87. The van der Waals surface area contributed by atoms with Crippen molar-refractivity contribution in [3.05, 3.63) is 28.5 Å². The Hall–Kier alpha value is -1.49. The van der Waals surface area contributed by atoms with Crippen molar-refractivity contribution < 1.29 is 4.74 Å². The molecule has 0 saturated heterocycles. The minimum atomic E-state index is 0.748. The van der Waals surface area contributed by atoms with Gasteiger partial charge in [-0.25, -0.2) is 4.98 Å². The van der Waals surface area contributed by atoms with E-state index in [0.717, 1.165) is 58.9 Å². The molecule has 0 radical (unpaired) electrons. The number of methoxy groups -OCH3 is 1. The lowest BCUT2D eigenvalue weighted by Crippen LogP contribution is -2.06. The molecule has 0 fully saturated rings. The summed E-state index contributed by atoms with van der Waals surface area (Å²) in [6.07, 6.45) is 3.05. The zero-order valence-corrected chi connectivity index (χ0v) is 14.4. The van der Waals surface area contributed by atoms with Gasteiger partial charge in [-0.1, -0.05) is 13.8 Å². The summed E-state index contributed by atoms with van der Waals surface area (Å²) in [4.78, 5) is 4.76. The van der Waals surface area contributed by atoms with Crippen LogP contribution in [-0.2, 0) is 13.0 Å². The molecule has 114 valence electrons. The maximum absolute atomic E-state index is 6.33. The van der Waals surface area contributed by atoms with Crippen LogP contribution in [0.2, 0.25) is 0 Å². The number of aromatic nitrogens is 2. The first-order valence-corrected chi connectivity index (χ1v) is 8.10. The van der Waals surface area contributed by atoms with Crippen molar-refractivity contribution in [1.29, 1.82) is 0 Å². The number of nitrogens with zero attached hydrogens (tertiary/aromatic N) is 2. The number of hydrogen-bond acceptors (Lipinski definition) is 3. The molecular formula is C16H22BrN3O. The molecule has 2 rings (SSSR count). The van der Waals surface area contributed by atoms with Crippen molar-refractivity contribution in [3.8, 4) is 17.0 Å². The third kappa shape index (κ3) is 3.23. The number of anilines is 1. The number of ether oxygens (including phenoxy) is 1. The molecule has 1 aromatic carbocycles. The molecule has 4 nitrogen and oxygen atoms in total. The van der Waals surface area contributed by atoms with Gasteiger partial charge in [0.05, 0.1) is 11.6 Å². The summed E-state index contributed by atoms with van der Waals surface area (Å²) >= 11 is 3.52. The highest BCUT2D eigenvalue weighted by atomic mass is 79.9. The standard InChI is InChI=1S/C16H22BrN3O/c1-4-6-14-19-15(16(18)20(14)9-5-2)11-7-8-13(21-3)12(17)10-11/h7-8,10H,4-6,9,18H2,1-3H3. The molecule has 0 aliphatic heterocycles. The van der Waals surface area contributed by atoms with E-state index >= 15 is 0 Å². The quantitative estimate of drug-likeness (QED) is 0.845. The summed E-state index contributed by atoms with van der Waals surface area (Å²) in [5, 5.41) is 0. The molecule has 1 heterocycles. The van der Waals surface area contributed by atoms with Crippen LogP contribution in [0.5, 0.6) is 5.75 Å². The SMILES string of the molecule is CCCc1nc(-c2ccc(OC)c(Br)c2)c(N)n1CCC. The number of imidazole rings is 1. The highest BCUT2D eigenvalue weighted by Crippen LogP contribution is 2.33. The van der Waals surface area contributed by atoms with Gasteiger partial charge in [0.2, 0.25) is 0 Å². The van der Waals surface area contributed by atoms with Crippen LogP contribution in [0.4, 0.5) is 5.82 Å². The minimum absolute atomic E-state index is 0.748. The van der Waals surface area contributed by atoms with Crippen LogP contribution < -0.4 is 10.5 Å². The average molecular weight is 352 g/mol. The Balaban J connectivity index is 2.48. The lowest BCUT2D eigenvalue weighted by molar-refractivity contribution is 0.412. The Morgan fingerprint density at radius 1 is 1.29 bits per heavy atom. The second-order valence-electron chi connectivity index (χ2n) is 5.01. The topological polar surface area (TPSA) is 53.1 Å². The van der Waals surface area contributed by atoms with Crippen molar-refractivity contribution in [1.82, 2.24) is 9.55 Å². The summed E-state index contributed by atoms with van der Waals surface area (Å²) in [7, 11) is 1.66. The van der Waals surface area contributed by atoms with Gasteiger partial charge >= 0.3 is 0 Å². The molecule has 0 bridgehead atoms. The highest BCUT2D eigenvalue weighted by molar-refractivity contribution is 9.10. The molecule has 2 aromatic rings. The number of benzene rings is 1. The molecular weight excluding hydrogens is 330 g/mol. The molecule has 0 atom stereocenters. The zero-order chi connectivity index (χ0) is 15.4. The van der Waals surface area contributed by atoms with E-state index in [0.29, 0.717) is 0 Å². The third-order valence-corrected chi connectivity index (χ3v) is 4.05. The van der Waals surface area contributed by atoms with E-state index < -0.39 is 0 Å². The van der Waals surface area contributed by atoms with E-state index in [1.54, 1.807) is 7.11 Å². The van der Waals surface area contributed by atoms with Gasteiger partial charge in [0.15, 0.2) is 0 Å². The second kappa shape index (κ2) is 6.98. The van der Waals surface area contributed by atoms with Gasteiger partial charge in [-0.2, -0.15) is 0 Å². The van der Waals surface area contributed by atoms with E-state index in [2.05, 4.69) is 34.3 Å². The fourth-order valence-electron chi connectivity index (χ4n) is 2.43. The van der Waals surface area contributed by atoms with Gasteiger partial charge in [0, 0.05) is 18.5 Å². The molecule has 0 saturated carbocycles. The molecule has 0 aliphatic carbocycles.